The summed E-state index contributed by atoms with van der Waals surface area (Å²) in [5.74, 6) is 1.88. The molecule has 3 aromatic rings. The zero-order valence-corrected chi connectivity index (χ0v) is 13.6. The third-order valence-corrected chi connectivity index (χ3v) is 4.01. The van der Waals surface area contributed by atoms with Gasteiger partial charge < -0.3 is 18.9 Å². The fourth-order valence-electron chi connectivity index (χ4n) is 2.71. The van der Waals surface area contributed by atoms with Gasteiger partial charge in [-0.2, -0.15) is 0 Å². The maximum atomic E-state index is 12.4. The molecule has 1 heterocycles. The highest BCUT2D eigenvalue weighted by atomic mass is 16.6. The van der Waals surface area contributed by atoms with Crippen LogP contribution in [-0.4, -0.2) is 25.8 Å². The van der Waals surface area contributed by atoms with Gasteiger partial charge in [0.05, 0.1) is 7.11 Å². The molecular formula is C20H16O5. The van der Waals surface area contributed by atoms with Gasteiger partial charge in [0, 0.05) is 0 Å². The molecule has 126 valence electrons. The Balaban J connectivity index is 1.52. The molecular weight excluding hydrogens is 320 g/mol. The average Bonchev–Trinajstić information content (AvgIpc) is 2.67. The van der Waals surface area contributed by atoms with Crippen LogP contribution >= 0.6 is 0 Å². The van der Waals surface area contributed by atoms with Crippen LogP contribution in [0.15, 0.2) is 60.7 Å². The van der Waals surface area contributed by atoms with E-state index in [0.29, 0.717) is 17.2 Å². The predicted octanol–water partition coefficient (Wildman–Crippen LogP) is 3.59. The van der Waals surface area contributed by atoms with Crippen molar-refractivity contribution in [1.29, 1.82) is 0 Å². The van der Waals surface area contributed by atoms with E-state index >= 15 is 0 Å². The lowest BCUT2D eigenvalue weighted by Crippen LogP contribution is -2.39. The highest BCUT2D eigenvalue weighted by Gasteiger charge is 2.29. The van der Waals surface area contributed by atoms with Crippen molar-refractivity contribution in [3.63, 3.8) is 0 Å². The quantitative estimate of drug-likeness (QED) is 0.540. The van der Waals surface area contributed by atoms with E-state index in [0.717, 1.165) is 16.5 Å². The van der Waals surface area contributed by atoms with Gasteiger partial charge in [0.1, 0.15) is 18.1 Å². The van der Waals surface area contributed by atoms with E-state index in [2.05, 4.69) is 0 Å². The van der Waals surface area contributed by atoms with Gasteiger partial charge >= 0.3 is 5.97 Å². The Morgan fingerprint density at radius 3 is 2.48 bits per heavy atom. The van der Waals surface area contributed by atoms with Crippen molar-refractivity contribution in [3.8, 4) is 23.0 Å². The average molecular weight is 336 g/mol. The fraction of sp³-hybridized carbons (Fsp3) is 0.150. The monoisotopic (exact) mass is 336 g/mol. The maximum Gasteiger partial charge on any atom is 0.356 e. The molecule has 0 amide bonds. The molecule has 1 aliphatic rings. The number of hydrogen-bond acceptors (Lipinski definition) is 5. The molecule has 5 heteroatoms. The van der Waals surface area contributed by atoms with Crippen molar-refractivity contribution in [1.82, 2.24) is 0 Å². The molecule has 0 saturated carbocycles. The molecule has 0 fully saturated rings. The molecule has 0 unspecified atom stereocenters. The summed E-state index contributed by atoms with van der Waals surface area (Å²) in [4.78, 5) is 12.4. The molecule has 3 aromatic carbocycles. The lowest BCUT2D eigenvalue weighted by Gasteiger charge is -2.24. The third kappa shape index (κ3) is 3.08. The highest BCUT2D eigenvalue weighted by Crippen LogP contribution is 2.31. The largest absolute Gasteiger partial charge is 0.497 e. The molecule has 4 rings (SSSR count). The number of para-hydroxylation sites is 2. The molecule has 1 aliphatic heterocycles. The Morgan fingerprint density at radius 1 is 0.960 bits per heavy atom. The van der Waals surface area contributed by atoms with Crippen LogP contribution < -0.4 is 18.9 Å². The van der Waals surface area contributed by atoms with E-state index < -0.39 is 12.1 Å². The Labute approximate surface area is 144 Å². The van der Waals surface area contributed by atoms with Crippen molar-refractivity contribution >= 4 is 16.7 Å². The van der Waals surface area contributed by atoms with Crippen molar-refractivity contribution in [2.75, 3.05) is 13.7 Å². The fourth-order valence-corrected chi connectivity index (χ4v) is 2.71. The van der Waals surface area contributed by atoms with Gasteiger partial charge in [-0.1, -0.05) is 24.3 Å². The Bertz CT molecular complexity index is 934. The van der Waals surface area contributed by atoms with Crippen LogP contribution in [0.2, 0.25) is 0 Å². The third-order valence-electron chi connectivity index (χ3n) is 4.01. The van der Waals surface area contributed by atoms with E-state index in [1.54, 1.807) is 31.4 Å². The number of methoxy groups -OCH3 is 1. The Morgan fingerprint density at radius 2 is 1.68 bits per heavy atom. The molecule has 0 N–H and O–H groups in total. The summed E-state index contributed by atoms with van der Waals surface area (Å²) in [5.41, 5.74) is 0. The van der Waals surface area contributed by atoms with Crippen molar-refractivity contribution in [2.45, 2.75) is 6.10 Å². The number of rotatable bonds is 3. The number of carbonyl (C=O) groups is 1. The van der Waals surface area contributed by atoms with Crippen molar-refractivity contribution in [3.05, 3.63) is 60.7 Å². The van der Waals surface area contributed by atoms with Gasteiger partial charge in [-0.25, -0.2) is 4.79 Å². The smallest absolute Gasteiger partial charge is 0.356 e. The predicted molar refractivity (Wildman–Crippen MR) is 92.5 cm³/mol. The first-order valence-corrected chi connectivity index (χ1v) is 7.91. The number of fused-ring (bicyclic) bond motifs is 2. The molecule has 1 atom stereocenters. The van der Waals surface area contributed by atoms with E-state index in [-0.39, 0.29) is 6.61 Å². The SMILES string of the molecule is COc1ccc2ccc(OC(=O)[C@H]3COc4ccccc4O3)cc2c1. The Hall–Kier alpha value is -3.21. The molecule has 25 heavy (non-hydrogen) atoms. The number of carbonyl (C=O) groups excluding carboxylic acids is 1. The minimum Gasteiger partial charge on any atom is -0.497 e. The summed E-state index contributed by atoms with van der Waals surface area (Å²) >= 11 is 0. The minimum absolute atomic E-state index is 0.122. The van der Waals surface area contributed by atoms with Crippen LogP contribution in [0.25, 0.3) is 10.8 Å². The van der Waals surface area contributed by atoms with Gasteiger partial charge in [-0.15, -0.1) is 0 Å². The molecule has 0 spiro atoms. The van der Waals surface area contributed by atoms with Gasteiger partial charge in [-0.05, 0) is 47.2 Å². The van der Waals surface area contributed by atoms with Crippen LogP contribution in [0, 0.1) is 0 Å². The lowest BCUT2D eigenvalue weighted by atomic mass is 10.1. The minimum atomic E-state index is -0.795. The maximum absolute atomic E-state index is 12.4. The normalized spacial score (nSPS) is 15.6. The first-order chi connectivity index (χ1) is 12.2. The van der Waals surface area contributed by atoms with Crippen molar-refractivity contribution < 1.29 is 23.7 Å². The second-order valence-electron chi connectivity index (χ2n) is 5.66. The molecule has 0 aliphatic carbocycles. The van der Waals surface area contributed by atoms with E-state index in [1.165, 1.54) is 0 Å². The molecule has 0 radical (unpaired) electrons. The molecule has 5 nitrogen and oxygen atoms in total. The summed E-state index contributed by atoms with van der Waals surface area (Å²) in [6.45, 7) is 0.122. The second kappa shape index (κ2) is 6.36. The summed E-state index contributed by atoms with van der Waals surface area (Å²) in [5, 5.41) is 1.96. The van der Waals surface area contributed by atoms with Crippen LogP contribution in [0.1, 0.15) is 0 Å². The van der Waals surface area contributed by atoms with Crippen LogP contribution in [0.3, 0.4) is 0 Å². The molecule has 0 saturated heterocycles. The van der Waals surface area contributed by atoms with Gasteiger partial charge in [0.2, 0.25) is 6.10 Å². The zero-order valence-electron chi connectivity index (χ0n) is 13.6. The number of hydrogen-bond donors (Lipinski definition) is 0. The van der Waals surface area contributed by atoms with Crippen molar-refractivity contribution in [2.24, 2.45) is 0 Å². The lowest BCUT2D eigenvalue weighted by molar-refractivity contribution is -0.144. The standard InChI is InChI=1S/C20H16O5/c1-22-15-8-6-13-7-9-16(11-14(13)10-15)24-20(21)19-12-23-17-4-2-3-5-18(17)25-19/h2-11,19H,12H2,1H3/t19-/m1/s1. The van der Waals surface area contributed by atoms with Crippen LogP contribution in [0.4, 0.5) is 0 Å². The van der Waals surface area contributed by atoms with E-state index in [1.807, 2.05) is 36.4 Å². The summed E-state index contributed by atoms with van der Waals surface area (Å²) in [6.07, 6.45) is -0.795. The number of ether oxygens (including phenoxy) is 4. The highest BCUT2D eigenvalue weighted by molar-refractivity contribution is 5.86. The van der Waals surface area contributed by atoms with E-state index in [9.17, 15) is 4.79 Å². The number of benzene rings is 3. The van der Waals surface area contributed by atoms with Gasteiger partial charge in [-0.3, -0.25) is 0 Å². The molecule has 0 bridgehead atoms. The van der Waals surface area contributed by atoms with E-state index in [4.69, 9.17) is 18.9 Å². The van der Waals surface area contributed by atoms with Gasteiger partial charge in [0.15, 0.2) is 11.5 Å². The van der Waals surface area contributed by atoms with Crippen LogP contribution in [-0.2, 0) is 4.79 Å². The topological polar surface area (TPSA) is 54.0 Å². The summed E-state index contributed by atoms with van der Waals surface area (Å²) in [6, 6.07) is 18.4. The summed E-state index contributed by atoms with van der Waals surface area (Å²) in [7, 11) is 1.61. The molecule has 0 aromatic heterocycles. The first kappa shape index (κ1) is 15.3. The number of esters is 1. The summed E-state index contributed by atoms with van der Waals surface area (Å²) < 4.78 is 21.9. The zero-order chi connectivity index (χ0) is 17.2. The van der Waals surface area contributed by atoms with Crippen LogP contribution in [0.5, 0.6) is 23.0 Å². The first-order valence-electron chi connectivity index (χ1n) is 7.91. The van der Waals surface area contributed by atoms with Gasteiger partial charge in [0.25, 0.3) is 0 Å². The Kier molecular flexibility index (Phi) is 3.90. The second-order valence-corrected chi connectivity index (χ2v) is 5.66.